The second-order valence-corrected chi connectivity index (χ2v) is 9.79. The summed E-state index contributed by atoms with van der Waals surface area (Å²) in [6.07, 6.45) is 4.38. The zero-order valence-electron chi connectivity index (χ0n) is 20.6. The smallest absolute Gasteiger partial charge is 0.228 e. The van der Waals surface area contributed by atoms with E-state index in [1.165, 1.54) is 12.1 Å². The van der Waals surface area contributed by atoms with Gasteiger partial charge in [0, 0.05) is 36.8 Å². The summed E-state index contributed by atoms with van der Waals surface area (Å²) in [6, 6.07) is 10.5. The van der Waals surface area contributed by atoms with Crippen molar-refractivity contribution >= 4 is 28.4 Å². The Hall–Kier alpha value is -3.99. The first-order valence-corrected chi connectivity index (χ1v) is 12.5. The molecule has 3 aromatic heterocycles. The van der Waals surface area contributed by atoms with Crippen LogP contribution >= 0.6 is 0 Å². The quantitative estimate of drug-likeness (QED) is 0.429. The van der Waals surface area contributed by atoms with Gasteiger partial charge in [0.05, 0.1) is 37.1 Å². The molecule has 11 heteroatoms. The predicted octanol–water partition coefficient (Wildman–Crippen LogP) is 2.53. The van der Waals surface area contributed by atoms with Gasteiger partial charge in [-0.3, -0.25) is 9.89 Å². The van der Waals surface area contributed by atoms with Gasteiger partial charge in [0.2, 0.25) is 5.91 Å². The molecule has 0 saturated carbocycles. The first-order chi connectivity index (χ1) is 18.0. The van der Waals surface area contributed by atoms with Crippen LogP contribution in [0, 0.1) is 5.82 Å². The Bertz CT molecular complexity index is 1430. The fourth-order valence-corrected chi connectivity index (χ4v) is 5.61. The number of halogens is 1. The summed E-state index contributed by atoms with van der Waals surface area (Å²) in [5.74, 6) is 0.771. The number of hydrogen-bond donors (Lipinski definition) is 2. The number of carbonyl (C=O) groups is 1. The molecule has 0 aliphatic carbocycles. The molecule has 6 rings (SSSR count). The van der Waals surface area contributed by atoms with Crippen molar-refractivity contribution in [2.45, 2.75) is 31.2 Å². The SMILES string of the molecule is C[C@@H]1COCCN1c1cc(C2(C(N)=O)CCN(c3cccc(F)c3)CC2)c2cnn(-c3ccn[nH]3)c2n1. The minimum Gasteiger partial charge on any atom is -0.377 e. The number of nitrogens with two attached hydrogens (primary N) is 1. The molecule has 0 unspecified atom stereocenters. The molecule has 2 aliphatic rings. The maximum atomic E-state index is 13.9. The molecule has 1 amide bonds. The van der Waals surface area contributed by atoms with Crippen LogP contribution in [0.1, 0.15) is 25.3 Å². The number of carbonyl (C=O) groups excluding carboxylic acids is 1. The number of piperidine rings is 1. The van der Waals surface area contributed by atoms with Crippen molar-refractivity contribution in [1.82, 2.24) is 25.0 Å². The Morgan fingerprint density at radius 3 is 2.76 bits per heavy atom. The van der Waals surface area contributed by atoms with Crippen LogP contribution in [0.25, 0.3) is 16.9 Å². The maximum Gasteiger partial charge on any atom is 0.228 e. The third kappa shape index (κ3) is 3.99. The number of primary amides is 1. The number of anilines is 2. The third-order valence-corrected chi connectivity index (χ3v) is 7.68. The van der Waals surface area contributed by atoms with Crippen LogP contribution in [-0.4, -0.2) is 69.8 Å². The van der Waals surface area contributed by atoms with Gasteiger partial charge in [-0.05, 0) is 49.6 Å². The fraction of sp³-hybridized carbons (Fsp3) is 0.385. The van der Waals surface area contributed by atoms with E-state index < -0.39 is 5.41 Å². The number of benzene rings is 1. The van der Waals surface area contributed by atoms with Crippen molar-refractivity contribution < 1.29 is 13.9 Å². The molecule has 5 heterocycles. The molecule has 0 radical (unpaired) electrons. The van der Waals surface area contributed by atoms with Gasteiger partial charge in [-0.15, -0.1) is 0 Å². The van der Waals surface area contributed by atoms with Crippen molar-refractivity contribution in [3.63, 3.8) is 0 Å². The van der Waals surface area contributed by atoms with Gasteiger partial charge in [0.15, 0.2) is 11.5 Å². The van der Waals surface area contributed by atoms with Crippen molar-refractivity contribution in [3.8, 4) is 5.82 Å². The lowest BCUT2D eigenvalue weighted by molar-refractivity contribution is -0.124. The Labute approximate surface area is 213 Å². The average Bonchev–Trinajstić information content (AvgIpc) is 3.58. The first-order valence-electron chi connectivity index (χ1n) is 12.5. The number of amides is 1. The molecule has 1 aromatic carbocycles. The molecule has 0 bridgehead atoms. The van der Waals surface area contributed by atoms with E-state index in [-0.39, 0.29) is 17.8 Å². The number of fused-ring (bicyclic) bond motifs is 1. The van der Waals surface area contributed by atoms with Crippen molar-refractivity contribution in [2.24, 2.45) is 5.73 Å². The molecular weight excluding hydrogens is 475 g/mol. The highest BCUT2D eigenvalue weighted by Gasteiger charge is 2.44. The van der Waals surface area contributed by atoms with Crippen LogP contribution in [0.2, 0.25) is 0 Å². The molecule has 0 spiro atoms. The molecule has 2 fully saturated rings. The Morgan fingerprint density at radius 1 is 1.22 bits per heavy atom. The van der Waals surface area contributed by atoms with E-state index in [0.717, 1.165) is 22.5 Å². The molecule has 10 nitrogen and oxygen atoms in total. The molecule has 2 saturated heterocycles. The number of H-pyrrole nitrogens is 1. The van der Waals surface area contributed by atoms with Crippen LogP contribution in [0.3, 0.4) is 0 Å². The van der Waals surface area contributed by atoms with Crippen LogP contribution in [0.15, 0.2) is 48.8 Å². The number of ether oxygens (including phenoxy) is 1. The highest BCUT2D eigenvalue weighted by molar-refractivity contribution is 5.94. The van der Waals surface area contributed by atoms with E-state index >= 15 is 0 Å². The van der Waals surface area contributed by atoms with E-state index in [2.05, 4.69) is 32.0 Å². The lowest BCUT2D eigenvalue weighted by Gasteiger charge is -2.42. The van der Waals surface area contributed by atoms with Crippen LogP contribution in [-0.2, 0) is 14.9 Å². The summed E-state index contributed by atoms with van der Waals surface area (Å²) in [6.45, 7) is 5.11. The molecule has 3 N–H and O–H groups in total. The minimum absolute atomic E-state index is 0.120. The summed E-state index contributed by atoms with van der Waals surface area (Å²) < 4.78 is 21.2. The van der Waals surface area contributed by atoms with E-state index in [1.54, 1.807) is 23.1 Å². The minimum atomic E-state index is -0.920. The fourth-order valence-electron chi connectivity index (χ4n) is 5.61. The van der Waals surface area contributed by atoms with Gasteiger partial charge in [-0.25, -0.2) is 9.37 Å². The van der Waals surface area contributed by atoms with Gasteiger partial charge < -0.3 is 20.3 Å². The Kier molecular flexibility index (Phi) is 5.79. The standard InChI is InChI=1S/C26H29FN8O2/c1-17-16-37-12-11-34(17)23-14-21(20-15-30-35(24(20)31-23)22-5-8-29-32-22)26(25(28)36)6-9-33(10-7-26)19-4-2-3-18(27)13-19/h2-5,8,13-15,17H,6-7,9-12,16H2,1H3,(H2,28,36)(H,29,32)/t17-/m1/s1. The number of pyridine rings is 1. The molecule has 1 atom stereocenters. The molecular formula is C26H29FN8O2. The monoisotopic (exact) mass is 504 g/mol. The summed E-state index contributed by atoms with van der Waals surface area (Å²) in [5.41, 5.74) is 7.51. The van der Waals surface area contributed by atoms with Gasteiger partial charge in [-0.1, -0.05) is 6.07 Å². The lowest BCUT2D eigenvalue weighted by atomic mass is 9.71. The zero-order chi connectivity index (χ0) is 25.6. The van der Waals surface area contributed by atoms with Crippen molar-refractivity contribution in [2.75, 3.05) is 42.6 Å². The second-order valence-electron chi connectivity index (χ2n) is 9.79. The zero-order valence-corrected chi connectivity index (χ0v) is 20.6. The number of rotatable bonds is 5. The van der Waals surface area contributed by atoms with Crippen LogP contribution in [0.5, 0.6) is 0 Å². The number of aromatic nitrogens is 5. The summed E-state index contributed by atoms with van der Waals surface area (Å²) in [4.78, 5) is 22.6. The van der Waals surface area contributed by atoms with Crippen molar-refractivity contribution in [3.05, 3.63) is 60.2 Å². The molecule has 4 aromatic rings. The number of morpholine rings is 1. The normalized spacial score (nSPS) is 19.9. The van der Waals surface area contributed by atoms with E-state index in [0.29, 0.717) is 57.2 Å². The number of aromatic amines is 1. The predicted molar refractivity (Wildman–Crippen MR) is 137 cm³/mol. The second kappa shape index (κ2) is 9.15. The third-order valence-electron chi connectivity index (χ3n) is 7.68. The highest BCUT2D eigenvalue weighted by atomic mass is 19.1. The number of nitrogens with one attached hydrogen (secondary N) is 1. The van der Waals surface area contributed by atoms with E-state index in [1.807, 2.05) is 18.2 Å². The van der Waals surface area contributed by atoms with Gasteiger partial charge >= 0.3 is 0 Å². The lowest BCUT2D eigenvalue weighted by Crippen LogP contribution is -2.50. The average molecular weight is 505 g/mol. The van der Waals surface area contributed by atoms with E-state index in [9.17, 15) is 9.18 Å². The van der Waals surface area contributed by atoms with E-state index in [4.69, 9.17) is 15.5 Å². The summed E-state index contributed by atoms with van der Waals surface area (Å²) in [5, 5.41) is 12.4. The van der Waals surface area contributed by atoms with Gasteiger partial charge in [-0.2, -0.15) is 14.9 Å². The largest absolute Gasteiger partial charge is 0.377 e. The van der Waals surface area contributed by atoms with Crippen LogP contribution in [0.4, 0.5) is 15.9 Å². The topological polar surface area (TPSA) is 118 Å². The molecule has 2 aliphatic heterocycles. The van der Waals surface area contributed by atoms with Gasteiger partial charge in [0.1, 0.15) is 11.6 Å². The highest BCUT2D eigenvalue weighted by Crippen LogP contribution is 2.42. The first kappa shape index (κ1) is 23.4. The Balaban J connectivity index is 1.47. The van der Waals surface area contributed by atoms with Crippen molar-refractivity contribution in [1.29, 1.82) is 0 Å². The van der Waals surface area contributed by atoms with Crippen LogP contribution < -0.4 is 15.5 Å². The molecule has 37 heavy (non-hydrogen) atoms. The number of nitrogens with zero attached hydrogens (tertiary/aromatic N) is 6. The van der Waals surface area contributed by atoms with Gasteiger partial charge in [0.25, 0.3) is 0 Å². The Morgan fingerprint density at radius 2 is 2.05 bits per heavy atom. The molecule has 192 valence electrons. The maximum absolute atomic E-state index is 13.9. The summed E-state index contributed by atoms with van der Waals surface area (Å²) in [7, 11) is 0. The number of hydrogen-bond acceptors (Lipinski definition) is 7. The summed E-state index contributed by atoms with van der Waals surface area (Å²) >= 11 is 0.